The van der Waals surface area contributed by atoms with E-state index in [1.165, 1.54) is 12.3 Å². The summed E-state index contributed by atoms with van der Waals surface area (Å²) in [6, 6.07) is 1.27. The van der Waals surface area contributed by atoms with Crippen LogP contribution in [0, 0.1) is 0 Å². The Morgan fingerprint density at radius 1 is 1.52 bits per heavy atom. The van der Waals surface area contributed by atoms with E-state index in [0.29, 0.717) is 0 Å². The molecule has 1 aliphatic rings. The lowest BCUT2D eigenvalue weighted by atomic mass is 10.4. The van der Waals surface area contributed by atoms with Crippen LogP contribution < -0.4 is 4.72 Å². The van der Waals surface area contributed by atoms with E-state index in [4.69, 9.17) is 16.7 Å². The zero-order valence-electron chi connectivity index (χ0n) is 11.0. The lowest BCUT2D eigenvalue weighted by Crippen LogP contribution is -2.34. The predicted octanol–water partition coefficient (Wildman–Crippen LogP) is 1.52. The molecule has 0 unspecified atom stereocenters. The normalized spacial score (nSPS) is 17.0. The SMILES string of the molecule is CC1(NS(=O)(=O)c2cc(Cl)c3ncc(C(=O)O)n3c2)CC1. The van der Waals surface area contributed by atoms with Gasteiger partial charge in [0.2, 0.25) is 10.0 Å². The van der Waals surface area contributed by atoms with Gasteiger partial charge in [-0.1, -0.05) is 11.6 Å². The molecule has 0 atom stereocenters. The third-order valence-corrected chi connectivity index (χ3v) is 5.33. The van der Waals surface area contributed by atoms with Gasteiger partial charge in [0, 0.05) is 11.7 Å². The Kier molecular flexibility index (Phi) is 3.01. The zero-order valence-corrected chi connectivity index (χ0v) is 12.6. The summed E-state index contributed by atoms with van der Waals surface area (Å²) in [7, 11) is -3.77. The van der Waals surface area contributed by atoms with E-state index < -0.39 is 21.5 Å². The molecule has 7 nitrogen and oxygen atoms in total. The van der Waals surface area contributed by atoms with Crippen molar-refractivity contribution in [3.63, 3.8) is 0 Å². The Bertz CT molecular complexity index is 855. The molecule has 0 spiro atoms. The van der Waals surface area contributed by atoms with Crippen LogP contribution in [-0.4, -0.2) is 34.4 Å². The van der Waals surface area contributed by atoms with Crippen LogP contribution in [0.2, 0.25) is 5.02 Å². The van der Waals surface area contributed by atoms with Crippen molar-refractivity contribution in [3.05, 3.63) is 29.2 Å². The van der Waals surface area contributed by atoms with Crippen LogP contribution in [0.5, 0.6) is 0 Å². The smallest absolute Gasteiger partial charge is 0.354 e. The van der Waals surface area contributed by atoms with Crippen molar-refractivity contribution in [2.75, 3.05) is 0 Å². The average molecular weight is 330 g/mol. The molecular weight excluding hydrogens is 318 g/mol. The van der Waals surface area contributed by atoms with E-state index in [1.54, 1.807) is 0 Å². The van der Waals surface area contributed by atoms with Crippen LogP contribution in [0.25, 0.3) is 5.65 Å². The van der Waals surface area contributed by atoms with Gasteiger partial charge in [0.15, 0.2) is 11.3 Å². The molecule has 112 valence electrons. The maximum absolute atomic E-state index is 12.3. The van der Waals surface area contributed by atoms with Crippen molar-refractivity contribution in [2.45, 2.75) is 30.2 Å². The second-order valence-electron chi connectivity index (χ2n) is 5.33. The van der Waals surface area contributed by atoms with Gasteiger partial charge in [0.25, 0.3) is 0 Å². The van der Waals surface area contributed by atoms with E-state index in [9.17, 15) is 13.2 Å². The fraction of sp³-hybridized carbons (Fsp3) is 0.333. The molecule has 0 saturated heterocycles. The molecule has 0 bridgehead atoms. The summed E-state index contributed by atoms with van der Waals surface area (Å²) in [6.07, 6.45) is 3.89. The molecule has 2 aromatic heterocycles. The number of carboxylic acids is 1. The number of hydrogen-bond donors (Lipinski definition) is 2. The highest BCUT2D eigenvalue weighted by molar-refractivity contribution is 7.89. The predicted molar refractivity (Wildman–Crippen MR) is 75.1 cm³/mol. The molecule has 2 heterocycles. The molecule has 2 aromatic rings. The largest absolute Gasteiger partial charge is 0.477 e. The van der Waals surface area contributed by atoms with E-state index >= 15 is 0 Å². The maximum atomic E-state index is 12.3. The van der Waals surface area contributed by atoms with Gasteiger partial charge in [-0.15, -0.1) is 0 Å². The van der Waals surface area contributed by atoms with Gasteiger partial charge in [-0.2, -0.15) is 0 Å². The lowest BCUT2D eigenvalue weighted by Gasteiger charge is -2.13. The highest BCUT2D eigenvalue weighted by atomic mass is 35.5. The van der Waals surface area contributed by atoms with E-state index in [0.717, 1.165) is 23.4 Å². The van der Waals surface area contributed by atoms with Crippen LogP contribution in [0.1, 0.15) is 30.3 Å². The lowest BCUT2D eigenvalue weighted by molar-refractivity contribution is 0.0689. The van der Waals surface area contributed by atoms with Gasteiger partial charge in [-0.05, 0) is 25.8 Å². The number of nitrogens with one attached hydrogen (secondary N) is 1. The minimum Gasteiger partial charge on any atom is -0.477 e. The van der Waals surface area contributed by atoms with E-state index in [-0.39, 0.29) is 21.3 Å². The summed E-state index contributed by atoms with van der Waals surface area (Å²) in [5.74, 6) is -1.21. The van der Waals surface area contributed by atoms with Gasteiger partial charge in [-0.25, -0.2) is 22.9 Å². The molecule has 3 rings (SSSR count). The number of imidazole rings is 1. The molecule has 0 radical (unpaired) electrons. The molecule has 0 amide bonds. The third-order valence-electron chi connectivity index (χ3n) is 3.45. The summed E-state index contributed by atoms with van der Waals surface area (Å²) >= 11 is 6.00. The second-order valence-corrected chi connectivity index (χ2v) is 7.42. The molecule has 0 aliphatic heterocycles. The topological polar surface area (TPSA) is 101 Å². The molecule has 9 heteroatoms. The highest BCUT2D eigenvalue weighted by Gasteiger charge is 2.41. The highest BCUT2D eigenvalue weighted by Crippen LogP contribution is 2.36. The van der Waals surface area contributed by atoms with Gasteiger partial charge in [0.05, 0.1) is 11.2 Å². The Morgan fingerprint density at radius 3 is 2.76 bits per heavy atom. The number of sulfonamides is 1. The summed E-state index contributed by atoms with van der Waals surface area (Å²) in [5, 5.41) is 9.16. The standard InChI is InChI=1S/C12H12ClN3O4S/c1-12(2-3-12)15-21(19,20)7-4-8(13)10-14-5-9(11(17)18)16(10)6-7/h4-6,15H,2-3H2,1H3,(H,17,18). The van der Waals surface area contributed by atoms with Crippen LogP contribution in [-0.2, 0) is 10.0 Å². The Labute approximate surface area is 125 Å². The number of hydrogen-bond acceptors (Lipinski definition) is 4. The average Bonchev–Trinajstić information content (AvgIpc) is 2.91. The first-order valence-electron chi connectivity index (χ1n) is 6.16. The Hall–Kier alpha value is -1.64. The number of rotatable bonds is 4. The Balaban J connectivity index is 2.15. The minimum absolute atomic E-state index is 0.0753. The second kappa shape index (κ2) is 4.43. The van der Waals surface area contributed by atoms with Crippen LogP contribution in [0.3, 0.4) is 0 Å². The maximum Gasteiger partial charge on any atom is 0.354 e. The molecule has 2 N–H and O–H groups in total. The molecule has 0 aromatic carbocycles. The van der Waals surface area contributed by atoms with Crippen molar-refractivity contribution < 1.29 is 18.3 Å². The number of fused-ring (bicyclic) bond motifs is 1. The van der Waals surface area contributed by atoms with E-state index in [2.05, 4.69) is 9.71 Å². The van der Waals surface area contributed by atoms with Crippen molar-refractivity contribution in [1.29, 1.82) is 0 Å². The quantitative estimate of drug-likeness (QED) is 0.885. The van der Waals surface area contributed by atoms with Crippen molar-refractivity contribution in [3.8, 4) is 0 Å². The van der Waals surface area contributed by atoms with Crippen molar-refractivity contribution >= 4 is 33.2 Å². The number of aromatic nitrogens is 2. The Morgan fingerprint density at radius 2 is 2.19 bits per heavy atom. The summed E-state index contributed by atoms with van der Waals surface area (Å²) in [4.78, 5) is 14.9. The van der Waals surface area contributed by atoms with Crippen LogP contribution >= 0.6 is 11.6 Å². The first-order valence-corrected chi connectivity index (χ1v) is 8.02. The van der Waals surface area contributed by atoms with Crippen LogP contribution in [0.15, 0.2) is 23.4 Å². The van der Waals surface area contributed by atoms with Gasteiger partial charge < -0.3 is 5.11 Å². The molecular formula is C12H12ClN3O4S. The summed E-state index contributed by atoms with van der Waals surface area (Å²) < 4.78 is 28.4. The first kappa shape index (κ1) is 14.3. The van der Waals surface area contributed by atoms with Crippen LogP contribution in [0.4, 0.5) is 0 Å². The number of pyridine rings is 1. The fourth-order valence-electron chi connectivity index (χ4n) is 2.00. The number of carbonyl (C=O) groups is 1. The number of aromatic carboxylic acids is 1. The summed E-state index contributed by atoms with van der Waals surface area (Å²) in [6.45, 7) is 1.81. The fourth-order valence-corrected chi connectivity index (χ4v) is 3.81. The van der Waals surface area contributed by atoms with Gasteiger partial charge >= 0.3 is 5.97 Å². The number of halogens is 1. The first-order chi connectivity index (χ1) is 9.72. The molecule has 1 aliphatic carbocycles. The number of carboxylic acid groups (broad SMARTS) is 1. The van der Waals surface area contributed by atoms with Crippen molar-refractivity contribution in [2.24, 2.45) is 0 Å². The molecule has 21 heavy (non-hydrogen) atoms. The zero-order chi connectivity index (χ0) is 15.4. The molecule has 1 fully saturated rings. The molecule has 1 saturated carbocycles. The van der Waals surface area contributed by atoms with Gasteiger partial charge in [0.1, 0.15) is 4.90 Å². The summed E-state index contributed by atoms with van der Waals surface area (Å²) in [5.41, 5.74) is -0.377. The van der Waals surface area contributed by atoms with Gasteiger partial charge in [-0.3, -0.25) is 4.40 Å². The van der Waals surface area contributed by atoms with Crippen molar-refractivity contribution in [1.82, 2.24) is 14.1 Å². The van der Waals surface area contributed by atoms with E-state index in [1.807, 2.05) is 6.92 Å². The third kappa shape index (κ3) is 2.50. The minimum atomic E-state index is -3.77. The number of nitrogens with zero attached hydrogens (tertiary/aromatic N) is 2. The monoisotopic (exact) mass is 329 g/mol.